The van der Waals surface area contributed by atoms with Crippen LogP contribution >= 0.6 is 0 Å². The zero-order valence-corrected chi connectivity index (χ0v) is 13.1. The number of nitro benzene ring substituents is 2. The number of carbonyl (C=O) groups excluding carboxylic acids is 1. The second kappa shape index (κ2) is 8.19. The zero-order chi connectivity index (χ0) is 19.1. The third-order valence-electron chi connectivity index (χ3n) is 3.03. The van der Waals surface area contributed by atoms with E-state index in [0.717, 1.165) is 24.4 Å². The van der Waals surface area contributed by atoms with Gasteiger partial charge >= 0.3 is 0 Å². The SMILES string of the molecule is O=C(COc1ccc([N+](=O)[O-])cc1)NN=Cc1cc([N+](=O)[O-])ccc1O. The van der Waals surface area contributed by atoms with Crippen LogP contribution in [0.5, 0.6) is 11.5 Å². The lowest BCUT2D eigenvalue weighted by atomic mass is 10.2. The highest BCUT2D eigenvalue weighted by molar-refractivity contribution is 5.86. The standard InChI is InChI=1S/C15H12N4O7/c20-14-6-3-12(19(24)25)7-10(14)8-16-17-15(21)9-26-13-4-1-11(2-5-13)18(22)23/h1-8,20H,9H2,(H,17,21). The first kappa shape index (κ1) is 18.3. The monoisotopic (exact) mass is 360 g/mol. The highest BCUT2D eigenvalue weighted by Crippen LogP contribution is 2.21. The summed E-state index contributed by atoms with van der Waals surface area (Å²) in [6.45, 7) is -0.407. The molecule has 0 aliphatic rings. The average Bonchev–Trinajstić information content (AvgIpc) is 2.61. The summed E-state index contributed by atoms with van der Waals surface area (Å²) in [6, 6.07) is 8.51. The van der Waals surface area contributed by atoms with Gasteiger partial charge in [0.05, 0.1) is 16.1 Å². The summed E-state index contributed by atoms with van der Waals surface area (Å²) in [5, 5.41) is 34.4. The predicted octanol–water partition coefficient (Wildman–Crippen LogP) is 1.74. The van der Waals surface area contributed by atoms with Crippen molar-refractivity contribution < 1.29 is 24.5 Å². The van der Waals surface area contributed by atoms with Crippen LogP contribution in [-0.2, 0) is 4.79 Å². The van der Waals surface area contributed by atoms with Gasteiger partial charge in [-0.1, -0.05) is 0 Å². The van der Waals surface area contributed by atoms with Gasteiger partial charge in [-0.25, -0.2) is 5.43 Å². The molecule has 0 radical (unpaired) electrons. The Bertz CT molecular complexity index is 865. The highest BCUT2D eigenvalue weighted by Gasteiger charge is 2.09. The van der Waals surface area contributed by atoms with Crippen LogP contribution in [0.2, 0.25) is 0 Å². The van der Waals surface area contributed by atoms with Crippen LogP contribution in [-0.4, -0.2) is 33.7 Å². The van der Waals surface area contributed by atoms with E-state index in [4.69, 9.17) is 4.74 Å². The van der Waals surface area contributed by atoms with E-state index in [1.54, 1.807) is 0 Å². The van der Waals surface area contributed by atoms with Crippen LogP contribution in [0.15, 0.2) is 47.6 Å². The van der Waals surface area contributed by atoms with Crippen LogP contribution in [0.25, 0.3) is 0 Å². The molecule has 0 spiro atoms. The van der Waals surface area contributed by atoms with Gasteiger partial charge in [0.1, 0.15) is 11.5 Å². The molecule has 26 heavy (non-hydrogen) atoms. The normalized spacial score (nSPS) is 10.5. The third kappa shape index (κ3) is 4.99. The summed E-state index contributed by atoms with van der Waals surface area (Å²) >= 11 is 0. The van der Waals surface area contributed by atoms with Crippen molar-refractivity contribution in [2.24, 2.45) is 5.10 Å². The van der Waals surface area contributed by atoms with Gasteiger partial charge < -0.3 is 9.84 Å². The molecule has 1 amide bonds. The lowest BCUT2D eigenvalue weighted by Crippen LogP contribution is -2.24. The summed E-state index contributed by atoms with van der Waals surface area (Å²) < 4.78 is 5.13. The van der Waals surface area contributed by atoms with Gasteiger partial charge in [-0.2, -0.15) is 5.10 Å². The Morgan fingerprint density at radius 3 is 2.35 bits per heavy atom. The van der Waals surface area contributed by atoms with E-state index >= 15 is 0 Å². The topological polar surface area (TPSA) is 157 Å². The minimum Gasteiger partial charge on any atom is -0.507 e. The number of phenolic OH excluding ortho intramolecular Hbond substituents is 1. The number of carbonyl (C=O) groups is 1. The molecule has 0 aliphatic heterocycles. The fourth-order valence-electron chi connectivity index (χ4n) is 1.78. The largest absolute Gasteiger partial charge is 0.507 e. The molecule has 2 aromatic rings. The van der Waals surface area contributed by atoms with Crippen LogP contribution in [0.1, 0.15) is 5.56 Å². The Morgan fingerprint density at radius 2 is 1.73 bits per heavy atom. The fourth-order valence-corrected chi connectivity index (χ4v) is 1.78. The molecule has 0 fully saturated rings. The van der Waals surface area contributed by atoms with E-state index in [2.05, 4.69) is 10.5 Å². The number of nitro groups is 2. The molecule has 2 N–H and O–H groups in total. The summed E-state index contributed by atoms with van der Waals surface area (Å²) in [5.41, 5.74) is 1.83. The summed E-state index contributed by atoms with van der Waals surface area (Å²) in [6.07, 6.45) is 1.05. The number of rotatable bonds is 7. The lowest BCUT2D eigenvalue weighted by Gasteiger charge is -2.04. The molecule has 2 rings (SSSR count). The Hall–Kier alpha value is -4.02. The maximum Gasteiger partial charge on any atom is 0.277 e. The van der Waals surface area contributed by atoms with E-state index in [0.29, 0.717) is 0 Å². The average molecular weight is 360 g/mol. The van der Waals surface area contributed by atoms with Gasteiger partial charge in [0, 0.05) is 29.8 Å². The molecule has 0 heterocycles. The maximum absolute atomic E-state index is 11.6. The Morgan fingerprint density at radius 1 is 1.12 bits per heavy atom. The summed E-state index contributed by atoms with van der Waals surface area (Å²) in [7, 11) is 0. The fraction of sp³-hybridized carbons (Fsp3) is 0.0667. The first-order valence-electron chi connectivity index (χ1n) is 7.03. The van der Waals surface area contributed by atoms with E-state index in [1.165, 1.54) is 24.3 Å². The van der Waals surface area contributed by atoms with E-state index in [1.807, 2.05) is 0 Å². The van der Waals surface area contributed by atoms with Gasteiger partial charge in [-0.15, -0.1) is 0 Å². The molecule has 0 bridgehead atoms. The number of nitrogens with one attached hydrogen (secondary N) is 1. The van der Waals surface area contributed by atoms with Crippen molar-refractivity contribution in [3.63, 3.8) is 0 Å². The molecule has 0 aromatic heterocycles. The first-order chi connectivity index (χ1) is 12.4. The number of hydrogen-bond donors (Lipinski definition) is 2. The second-order valence-corrected chi connectivity index (χ2v) is 4.83. The van der Waals surface area contributed by atoms with Crippen molar-refractivity contribution >= 4 is 23.5 Å². The smallest absolute Gasteiger partial charge is 0.277 e. The van der Waals surface area contributed by atoms with Gasteiger partial charge in [0.25, 0.3) is 17.3 Å². The minimum atomic E-state index is -0.635. The highest BCUT2D eigenvalue weighted by atomic mass is 16.6. The Kier molecular flexibility index (Phi) is 5.77. The number of hydrogen-bond acceptors (Lipinski definition) is 8. The van der Waals surface area contributed by atoms with Gasteiger partial charge in [-0.3, -0.25) is 25.0 Å². The maximum atomic E-state index is 11.6. The molecule has 2 aromatic carbocycles. The zero-order valence-electron chi connectivity index (χ0n) is 13.1. The first-order valence-corrected chi connectivity index (χ1v) is 7.03. The predicted molar refractivity (Wildman–Crippen MR) is 89.1 cm³/mol. The molecule has 0 saturated carbocycles. The minimum absolute atomic E-state index is 0.0517. The van der Waals surface area contributed by atoms with Gasteiger partial charge in [0.15, 0.2) is 6.61 Å². The molecule has 0 atom stereocenters. The number of aromatic hydroxyl groups is 1. The molecular weight excluding hydrogens is 348 g/mol. The molecule has 0 saturated heterocycles. The van der Waals surface area contributed by atoms with Crippen molar-refractivity contribution in [3.05, 3.63) is 68.3 Å². The lowest BCUT2D eigenvalue weighted by molar-refractivity contribution is -0.385. The number of benzene rings is 2. The number of ether oxygens (including phenoxy) is 1. The summed E-state index contributed by atoms with van der Waals surface area (Å²) in [4.78, 5) is 31.6. The van der Waals surface area contributed by atoms with Crippen molar-refractivity contribution in [1.29, 1.82) is 0 Å². The van der Waals surface area contributed by atoms with E-state index in [-0.39, 0.29) is 28.4 Å². The number of hydrazone groups is 1. The Balaban J connectivity index is 1.88. The molecular formula is C15H12N4O7. The van der Waals surface area contributed by atoms with Gasteiger partial charge in [0.2, 0.25) is 0 Å². The van der Waals surface area contributed by atoms with Crippen molar-refractivity contribution in [3.8, 4) is 11.5 Å². The van der Waals surface area contributed by atoms with Crippen molar-refractivity contribution in [1.82, 2.24) is 5.43 Å². The molecule has 0 aliphatic carbocycles. The summed E-state index contributed by atoms with van der Waals surface area (Å²) in [5.74, 6) is -0.619. The number of nitrogens with zero attached hydrogens (tertiary/aromatic N) is 3. The van der Waals surface area contributed by atoms with E-state index < -0.39 is 22.4 Å². The molecule has 11 nitrogen and oxygen atoms in total. The van der Waals surface area contributed by atoms with Crippen LogP contribution in [0.3, 0.4) is 0 Å². The van der Waals surface area contributed by atoms with Crippen molar-refractivity contribution in [2.75, 3.05) is 6.61 Å². The number of phenols is 1. The third-order valence-corrected chi connectivity index (χ3v) is 3.03. The van der Waals surface area contributed by atoms with Gasteiger partial charge in [-0.05, 0) is 18.2 Å². The molecule has 11 heteroatoms. The van der Waals surface area contributed by atoms with Crippen LogP contribution < -0.4 is 10.2 Å². The van der Waals surface area contributed by atoms with Crippen LogP contribution in [0, 0.1) is 20.2 Å². The molecule has 134 valence electrons. The quantitative estimate of drug-likeness (QED) is 0.432. The molecule has 0 unspecified atom stereocenters. The van der Waals surface area contributed by atoms with Crippen molar-refractivity contribution in [2.45, 2.75) is 0 Å². The Labute approximate surface area is 145 Å². The number of amides is 1. The van der Waals surface area contributed by atoms with E-state index in [9.17, 15) is 30.1 Å². The number of non-ortho nitro benzene ring substituents is 2. The van der Waals surface area contributed by atoms with Crippen LogP contribution in [0.4, 0.5) is 11.4 Å². The second-order valence-electron chi connectivity index (χ2n) is 4.83.